The second kappa shape index (κ2) is 11.7. The van der Waals surface area contributed by atoms with Crippen molar-refractivity contribution in [1.29, 1.82) is 0 Å². The number of carbonyl (C=O) groups is 2. The highest BCUT2D eigenvalue weighted by Gasteiger charge is 2.43. The van der Waals surface area contributed by atoms with Gasteiger partial charge in [0.25, 0.3) is 0 Å². The van der Waals surface area contributed by atoms with Crippen LogP contribution in [-0.4, -0.2) is 61.3 Å². The van der Waals surface area contributed by atoms with Crippen LogP contribution < -0.4 is 16.8 Å². The van der Waals surface area contributed by atoms with Crippen LogP contribution in [0.15, 0.2) is 30.3 Å². The topological polar surface area (TPSA) is 135 Å². The Morgan fingerprint density at radius 1 is 1.03 bits per heavy atom. The standard InChI is InChI=1S/C23H35N3O6/c1-14(27)29-20-9-8-18(13-26-12-16-6-4-3-5-7-16)31-23(20)32-22-19(25)10-17(24)11-21(22)30-15(2)28/h3-7,17-23,26H,8-13,24-25H2,1-2H3. The molecule has 1 aromatic carbocycles. The molecule has 0 amide bonds. The number of nitrogens with two attached hydrogens (primary N) is 2. The van der Waals surface area contributed by atoms with Crippen molar-refractivity contribution >= 4 is 11.9 Å². The molecule has 1 saturated carbocycles. The minimum absolute atomic E-state index is 0.121. The van der Waals surface area contributed by atoms with Crippen LogP contribution in [0.3, 0.4) is 0 Å². The maximum atomic E-state index is 11.6. The van der Waals surface area contributed by atoms with Crippen molar-refractivity contribution < 1.29 is 28.5 Å². The van der Waals surface area contributed by atoms with Crippen molar-refractivity contribution in [3.05, 3.63) is 35.9 Å². The Morgan fingerprint density at radius 2 is 1.72 bits per heavy atom. The first kappa shape index (κ1) is 24.6. The van der Waals surface area contributed by atoms with Crippen molar-refractivity contribution in [3.8, 4) is 0 Å². The minimum atomic E-state index is -0.806. The van der Waals surface area contributed by atoms with Gasteiger partial charge < -0.3 is 35.7 Å². The highest BCUT2D eigenvalue weighted by Crippen LogP contribution is 2.29. The van der Waals surface area contributed by atoms with Crippen LogP contribution in [0.4, 0.5) is 0 Å². The van der Waals surface area contributed by atoms with Crippen LogP contribution in [0.25, 0.3) is 0 Å². The zero-order chi connectivity index (χ0) is 23.1. The lowest BCUT2D eigenvalue weighted by Gasteiger charge is -2.43. The molecule has 9 heteroatoms. The Labute approximate surface area is 189 Å². The monoisotopic (exact) mass is 449 g/mol. The summed E-state index contributed by atoms with van der Waals surface area (Å²) in [7, 11) is 0. The SMILES string of the molecule is CC(=O)OC1CCC(CNCc2ccccc2)OC1OC1C(N)CC(N)CC1OC(C)=O. The third-order valence-electron chi connectivity index (χ3n) is 5.77. The maximum Gasteiger partial charge on any atom is 0.303 e. The van der Waals surface area contributed by atoms with Gasteiger partial charge in [-0.05, 0) is 24.8 Å². The molecule has 5 N–H and O–H groups in total. The number of benzene rings is 1. The summed E-state index contributed by atoms with van der Waals surface area (Å²) in [5.41, 5.74) is 13.6. The summed E-state index contributed by atoms with van der Waals surface area (Å²) in [6.07, 6.45) is -0.360. The van der Waals surface area contributed by atoms with Gasteiger partial charge in [-0.25, -0.2) is 0 Å². The van der Waals surface area contributed by atoms with Gasteiger partial charge in [0.15, 0.2) is 12.4 Å². The molecule has 2 fully saturated rings. The molecule has 0 spiro atoms. The summed E-state index contributed by atoms with van der Waals surface area (Å²) < 4.78 is 23.3. The molecule has 0 radical (unpaired) electrons. The molecular weight excluding hydrogens is 414 g/mol. The number of hydrogen-bond acceptors (Lipinski definition) is 9. The van der Waals surface area contributed by atoms with Crippen LogP contribution in [0.2, 0.25) is 0 Å². The van der Waals surface area contributed by atoms with E-state index in [4.69, 9.17) is 30.4 Å². The van der Waals surface area contributed by atoms with E-state index in [-0.39, 0.29) is 12.1 Å². The second-order valence-corrected chi connectivity index (χ2v) is 8.61. The average molecular weight is 450 g/mol. The third kappa shape index (κ3) is 7.25. The summed E-state index contributed by atoms with van der Waals surface area (Å²) in [6, 6.07) is 9.49. The van der Waals surface area contributed by atoms with Crippen molar-refractivity contribution in [2.24, 2.45) is 11.5 Å². The molecular formula is C23H35N3O6. The largest absolute Gasteiger partial charge is 0.460 e. The zero-order valence-corrected chi connectivity index (χ0v) is 18.8. The normalized spacial score (nSPS) is 32.8. The number of nitrogens with one attached hydrogen (secondary N) is 1. The van der Waals surface area contributed by atoms with E-state index < -0.39 is 42.6 Å². The van der Waals surface area contributed by atoms with E-state index >= 15 is 0 Å². The van der Waals surface area contributed by atoms with Crippen LogP contribution in [-0.2, 0) is 35.1 Å². The molecule has 0 aromatic heterocycles. The zero-order valence-electron chi connectivity index (χ0n) is 18.8. The number of carbonyl (C=O) groups excluding carboxylic acids is 2. The van der Waals surface area contributed by atoms with Crippen LogP contribution in [0, 0.1) is 0 Å². The van der Waals surface area contributed by atoms with Crippen molar-refractivity contribution in [2.75, 3.05) is 6.54 Å². The lowest BCUT2D eigenvalue weighted by Crippen LogP contribution is -2.58. The molecule has 1 saturated heterocycles. The molecule has 1 heterocycles. The number of ether oxygens (including phenoxy) is 4. The molecule has 1 aromatic rings. The lowest BCUT2D eigenvalue weighted by molar-refractivity contribution is -0.277. The first-order chi connectivity index (χ1) is 15.3. The summed E-state index contributed by atoms with van der Waals surface area (Å²) in [4.78, 5) is 23.2. The molecule has 3 rings (SSSR count). The van der Waals surface area contributed by atoms with Gasteiger partial charge in [-0.3, -0.25) is 9.59 Å². The smallest absolute Gasteiger partial charge is 0.303 e. The predicted octanol–water partition coefficient (Wildman–Crippen LogP) is 0.978. The van der Waals surface area contributed by atoms with Gasteiger partial charge in [0.2, 0.25) is 0 Å². The highest BCUT2D eigenvalue weighted by molar-refractivity contribution is 5.66. The first-order valence-corrected chi connectivity index (χ1v) is 11.2. The highest BCUT2D eigenvalue weighted by atomic mass is 16.7. The third-order valence-corrected chi connectivity index (χ3v) is 5.77. The van der Waals surface area contributed by atoms with E-state index in [2.05, 4.69) is 17.4 Å². The molecule has 32 heavy (non-hydrogen) atoms. The summed E-state index contributed by atoms with van der Waals surface area (Å²) >= 11 is 0. The Hall–Kier alpha value is -2.04. The molecule has 0 bridgehead atoms. The molecule has 2 aliphatic rings. The van der Waals surface area contributed by atoms with Crippen molar-refractivity contribution in [2.45, 2.75) is 88.9 Å². The van der Waals surface area contributed by atoms with E-state index in [1.165, 1.54) is 19.4 Å². The molecule has 1 aliphatic carbocycles. The Balaban J connectivity index is 1.63. The molecule has 7 atom stereocenters. The van der Waals surface area contributed by atoms with Gasteiger partial charge in [0, 0.05) is 45.4 Å². The fourth-order valence-corrected chi connectivity index (χ4v) is 4.36. The fourth-order valence-electron chi connectivity index (χ4n) is 4.36. The van der Waals surface area contributed by atoms with Gasteiger partial charge in [0.1, 0.15) is 12.2 Å². The van der Waals surface area contributed by atoms with Crippen molar-refractivity contribution in [1.82, 2.24) is 5.32 Å². The maximum absolute atomic E-state index is 11.6. The van der Waals surface area contributed by atoms with Crippen LogP contribution >= 0.6 is 0 Å². The fraction of sp³-hybridized carbons (Fsp3) is 0.652. The van der Waals surface area contributed by atoms with E-state index in [1.54, 1.807) is 0 Å². The lowest BCUT2D eigenvalue weighted by atomic mass is 9.87. The molecule has 7 unspecified atom stereocenters. The average Bonchev–Trinajstić information content (AvgIpc) is 2.72. The predicted molar refractivity (Wildman–Crippen MR) is 117 cm³/mol. The minimum Gasteiger partial charge on any atom is -0.460 e. The van der Waals surface area contributed by atoms with Gasteiger partial charge >= 0.3 is 11.9 Å². The van der Waals surface area contributed by atoms with E-state index in [9.17, 15) is 9.59 Å². The van der Waals surface area contributed by atoms with E-state index in [1.807, 2.05) is 18.2 Å². The quantitative estimate of drug-likeness (QED) is 0.496. The Kier molecular flexibility index (Phi) is 9.01. The number of esters is 2. The summed E-state index contributed by atoms with van der Waals surface area (Å²) in [6.45, 7) is 4.05. The van der Waals surface area contributed by atoms with Gasteiger partial charge in [0.05, 0.1) is 6.10 Å². The molecule has 1 aliphatic heterocycles. The van der Waals surface area contributed by atoms with Gasteiger partial charge in [-0.2, -0.15) is 0 Å². The van der Waals surface area contributed by atoms with E-state index in [0.29, 0.717) is 32.2 Å². The van der Waals surface area contributed by atoms with E-state index in [0.717, 1.165) is 6.54 Å². The molecule has 178 valence electrons. The Bertz CT molecular complexity index is 749. The van der Waals surface area contributed by atoms with Gasteiger partial charge in [-0.15, -0.1) is 0 Å². The van der Waals surface area contributed by atoms with Crippen molar-refractivity contribution in [3.63, 3.8) is 0 Å². The number of hydrogen-bond donors (Lipinski definition) is 3. The first-order valence-electron chi connectivity index (χ1n) is 11.2. The van der Waals surface area contributed by atoms with Crippen LogP contribution in [0.1, 0.15) is 45.1 Å². The number of rotatable bonds is 8. The molecule has 9 nitrogen and oxygen atoms in total. The van der Waals surface area contributed by atoms with Crippen LogP contribution in [0.5, 0.6) is 0 Å². The second-order valence-electron chi connectivity index (χ2n) is 8.61. The summed E-state index contributed by atoms with van der Waals surface area (Å²) in [5, 5.41) is 3.40. The summed E-state index contributed by atoms with van der Waals surface area (Å²) in [5.74, 6) is -0.826. The Morgan fingerprint density at radius 3 is 2.41 bits per heavy atom. The van der Waals surface area contributed by atoms with Gasteiger partial charge in [-0.1, -0.05) is 30.3 Å².